The van der Waals surface area contributed by atoms with Crippen molar-refractivity contribution in [3.8, 4) is 23.7 Å². The van der Waals surface area contributed by atoms with Crippen LogP contribution in [0.1, 0.15) is 51.9 Å². The number of ketones is 1. The molecule has 0 unspecified atom stereocenters. The number of unbranched alkanes of at least 4 members (excludes halogenated alkanes) is 4. The molecule has 0 amide bonds. The molecule has 116 valence electrons. The normalized spacial score (nSPS) is 12.3. The molecule has 0 aromatic heterocycles. The van der Waals surface area contributed by atoms with Crippen molar-refractivity contribution >= 4 is 5.78 Å². The first-order valence-electron chi connectivity index (χ1n) is 7.51. The molecule has 0 radical (unpaired) electrons. The molecule has 0 aliphatic heterocycles. The van der Waals surface area contributed by atoms with Crippen LogP contribution in [0.3, 0.4) is 0 Å². The van der Waals surface area contributed by atoms with Crippen LogP contribution < -0.4 is 0 Å². The Labute approximate surface area is 128 Å². The summed E-state index contributed by atoms with van der Waals surface area (Å²) in [4.78, 5) is 10.8. The van der Waals surface area contributed by atoms with Crippen LogP contribution in [0.25, 0.3) is 0 Å². The number of hydrogen-bond acceptors (Lipinski definition) is 3. The molecule has 0 aliphatic carbocycles. The summed E-state index contributed by atoms with van der Waals surface area (Å²) < 4.78 is 5.31. The van der Waals surface area contributed by atoms with E-state index in [1.165, 1.54) is 25.7 Å². The van der Waals surface area contributed by atoms with Gasteiger partial charge in [0.1, 0.15) is 0 Å². The van der Waals surface area contributed by atoms with Crippen molar-refractivity contribution in [1.29, 1.82) is 0 Å². The van der Waals surface area contributed by atoms with Crippen LogP contribution in [0.4, 0.5) is 0 Å². The average Bonchev–Trinajstić information content (AvgIpc) is 2.50. The van der Waals surface area contributed by atoms with Gasteiger partial charge in [0.15, 0.2) is 0 Å². The highest BCUT2D eigenvalue weighted by Crippen LogP contribution is 2.13. The highest BCUT2D eigenvalue weighted by atomic mass is 16.5. The van der Waals surface area contributed by atoms with E-state index in [4.69, 9.17) is 4.74 Å². The first-order chi connectivity index (χ1) is 10.2. The molecule has 1 N–H and O–H groups in total. The van der Waals surface area contributed by atoms with Gasteiger partial charge in [0.25, 0.3) is 0 Å². The van der Waals surface area contributed by atoms with Crippen molar-refractivity contribution in [2.45, 2.75) is 64.1 Å². The Kier molecular flexibility index (Phi) is 12.4. The molecule has 0 aliphatic rings. The number of rotatable bonds is 10. The zero-order valence-electron chi connectivity index (χ0n) is 13.2. The van der Waals surface area contributed by atoms with Crippen LogP contribution in [0.2, 0.25) is 0 Å². The Morgan fingerprint density at radius 3 is 2.62 bits per heavy atom. The average molecular weight is 290 g/mol. The van der Waals surface area contributed by atoms with Crippen LogP contribution in [-0.4, -0.2) is 30.2 Å². The minimum absolute atomic E-state index is 0.191. The summed E-state index contributed by atoms with van der Waals surface area (Å²) in [6.45, 7) is 5.50. The Balaban J connectivity index is 4.06. The van der Waals surface area contributed by atoms with E-state index in [0.29, 0.717) is 6.42 Å². The topological polar surface area (TPSA) is 46.5 Å². The summed E-state index contributed by atoms with van der Waals surface area (Å²) in [5.41, 5.74) is 0. The molecule has 0 fully saturated rings. The van der Waals surface area contributed by atoms with E-state index in [1.807, 2.05) is 0 Å². The summed E-state index contributed by atoms with van der Waals surface area (Å²) in [6.07, 6.45) is 7.40. The van der Waals surface area contributed by atoms with Gasteiger partial charge in [-0.15, -0.1) is 0 Å². The molecule has 0 aromatic rings. The fraction of sp³-hybridized carbons (Fsp3) is 0.611. The van der Waals surface area contributed by atoms with Gasteiger partial charge < -0.3 is 9.84 Å². The number of ether oxygens (including phenoxy) is 1. The summed E-state index contributed by atoms with van der Waals surface area (Å²) in [5.74, 6) is 9.68. The molecule has 0 aromatic carbocycles. The van der Waals surface area contributed by atoms with Crippen LogP contribution >= 0.6 is 0 Å². The van der Waals surface area contributed by atoms with E-state index in [-0.39, 0.29) is 11.9 Å². The second kappa shape index (κ2) is 13.4. The Morgan fingerprint density at radius 1 is 1.29 bits per heavy atom. The van der Waals surface area contributed by atoms with Crippen LogP contribution in [0.5, 0.6) is 0 Å². The van der Waals surface area contributed by atoms with Crippen molar-refractivity contribution in [3.05, 3.63) is 12.7 Å². The number of allylic oxidation sites excluding steroid dienone is 1. The summed E-state index contributed by atoms with van der Waals surface area (Å²) in [6, 6.07) is 0. The lowest BCUT2D eigenvalue weighted by molar-refractivity contribution is -0.109. The summed E-state index contributed by atoms with van der Waals surface area (Å²) in [7, 11) is 1.61. The maximum absolute atomic E-state index is 10.8. The van der Waals surface area contributed by atoms with Gasteiger partial charge in [0.05, 0.1) is 12.2 Å². The monoisotopic (exact) mass is 290 g/mol. The molecule has 0 bridgehead atoms. The third-order valence-electron chi connectivity index (χ3n) is 3.16. The SMILES string of the molecule is C=CC(=O)C#CC#CC[C@@H](O)[C@@H](CCCCCCC)OC. The van der Waals surface area contributed by atoms with Gasteiger partial charge in [0.2, 0.25) is 5.78 Å². The quantitative estimate of drug-likeness (QED) is 0.291. The maximum atomic E-state index is 10.8. The third kappa shape index (κ3) is 10.9. The number of methoxy groups -OCH3 is 1. The molecule has 0 spiro atoms. The second-order valence-corrected chi connectivity index (χ2v) is 4.87. The highest BCUT2D eigenvalue weighted by molar-refractivity contribution is 6.04. The van der Waals surface area contributed by atoms with E-state index in [0.717, 1.165) is 18.9 Å². The van der Waals surface area contributed by atoms with Gasteiger partial charge >= 0.3 is 0 Å². The van der Waals surface area contributed by atoms with Gasteiger partial charge in [-0.2, -0.15) is 0 Å². The van der Waals surface area contributed by atoms with Gasteiger partial charge in [-0.25, -0.2) is 0 Å². The second-order valence-electron chi connectivity index (χ2n) is 4.87. The minimum atomic E-state index is -0.620. The number of aliphatic hydroxyl groups is 1. The highest BCUT2D eigenvalue weighted by Gasteiger charge is 2.16. The molecular weight excluding hydrogens is 264 g/mol. The Morgan fingerprint density at radius 2 is 2.00 bits per heavy atom. The van der Waals surface area contributed by atoms with Crippen molar-refractivity contribution in [3.63, 3.8) is 0 Å². The maximum Gasteiger partial charge on any atom is 0.229 e. The summed E-state index contributed by atoms with van der Waals surface area (Å²) in [5, 5.41) is 10.0. The molecule has 0 saturated heterocycles. The lowest BCUT2D eigenvalue weighted by Gasteiger charge is -2.19. The first-order valence-corrected chi connectivity index (χ1v) is 7.51. The van der Waals surface area contributed by atoms with E-state index in [2.05, 4.69) is 37.2 Å². The molecule has 2 atom stereocenters. The fourth-order valence-corrected chi connectivity index (χ4v) is 1.89. The molecule has 0 rings (SSSR count). The molecule has 3 heteroatoms. The van der Waals surface area contributed by atoms with Crippen molar-refractivity contribution < 1.29 is 14.6 Å². The number of carbonyl (C=O) groups excluding carboxylic acids is 1. The first kappa shape index (κ1) is 19.4. The predicted molar refractivity (Wildman–Crippen MR) is 85.6 cm³/mol. The van der Waals surface area contributed by atoms with Gasteiger partial charge in [-0.05, 0) is 30.3 Å². The molecular formula is C18H26O3. The van der Waals surface area contributed by atoms with Gasteiger partial charge in [-0.1, -0.05) is 51.5 Å². The molecule has 3 nitrogen and oxygen atoms in total. The number of carbonyl (C=O) groups is 1. The third-order valence-corrected chi connectivity index (χ3v) is 3.16. The van der Waals surface area contributed by atoms with Crippen LogP contribution in [0.15, 0.2) is 12.7 Å². The van der Waals surface area contributed by atoms with E-state index < -0.39 is 6.10 Å². The van der Waals surface area contributed by atoms with Crippen molar-refractivity contribution in [2.24, 2.45) is 0 Å². The van der Waals surface area contributed by atoms with Crippen molar-refractivity contribution in [2.75, 3.05) is 7.11 Å². The minimum Gasteiger partial charge on any atom is -0.389 e. The zero-order chi connectivity index (χ0) is 15.9. The molecule has 0 heterocycles. The Bertz CT molecular complexity index is 417. The van der Waals surface area contributed by atoms with Crippen molar-refractivity contribution in [1.82, 2.24) is 0 Å². The number of aliphatic hydroxyl groups excluding tert-OH is 1. The standard InChI is InChI=1S/C18H26O3/c1-4-6-7-8-12-15-18(21-3)17(20)14-11-9-10-13-16(19)5-2/h5,17-18,20H,2,4,6-8,12,14-15H2,1,3H3/t17-,18-/m1/s1. The van der Waals surface area contributed by atoms with Crippen LogP contribution in [-0.2, 0) is 9.53 Å². The lowest BCUT2D eigenvalue weighted by Crippen LogP contribution is -2.27. The molecule has 0 saturated carbocycles. The van der Waals surface area contributed by atoms with Crippen LogP contribution in [0, 0.1) is 23.7 Å². The smallest absolute Gasteiger partial charge is 0.229 e. The lowest BCUT2D eigenvalue weighted by atomic mass is 10.0. The van der Waals surface area contributed by atoms with Gasteiger partial charge in [-0.3, -0.25) is 4.79 Å². The fourth-order valence-electron chi connectivity index (χ4n) is 1.89. The Hall–Kier alpha value is -1.55. The van der Waals surface area contributed by atoms with E-state index >= 15 is 0 Å². The zero-order valence-corrected chi connectivity index (χ0v) is 13.2. The predicted octanol–water partition coefficient (Wildman–Crippen LogP) is 2.87. The largest absolute Gasteiger partial charge is 0.389 e. The van der Waals surface area contributed by atoms with E-state index in [1.54, 1.807) is 7.11 Å². The number of hydrogen-bond donors (Lipinski definition) is 1. The van der Waals surface area contributed by atoms with Gasteiger partial charge in [0, 0.05) is 13.5 Å². The molecule has 21 heavy (non-hydrogen) atoms. The van der Waals surface area contributed by atoms with E-state index in [9.17, 15) is 9.90 Å². The summed E-state index contributed by atoms with van der Waals surface area (Å²) >= 11 is 0.